The number of benzene rings is 1. The van der Waals surface area contributed by atoms with Gasteiger partial charge in [-0.1, -0.05) is 26.8 Å². The SMILES string of the molecule is CC(C)(C)C(N)CC(=O)Nc1cccc(F)c1. The molecule has 0 radical (unpaired) electrons. The molecule has 1 unspecified atom stereocenters. The lowest BCUT2D eigenvalue weighted by Crippen LogP contribution is -2.38. The maximum atomic E-state index is 12.9. The first-order valence-corrected chi connectivity index (χ1v) is 5.60. The van der Waals surface area contributed by atoms with Crippen molar-refractivity contribution in [1.29, 1.82) is 0 Å². The molecule has 1 amide bonds. The molecule has 0 heterocycles. The summed E-state index contributed by atoms with van der Waals surface area (Å²) in [5, 5.41) is 2.63. The van der Waals surface area contributed by atoms with Gasteiger partial charge in [-0.2, -0.15) is 0 Å². The van der Waals surface area contributed by atoms with E-state index in [1.54, 1.807) is 12.1 Å². The molecule has 0 saturated carbocycles. The summed E-state index contributed by atoms with van der Waals surface area (Å²) in [5.74, 6) is -0.569. The molecule has 0 fully saturated rings. The van der Waals surface area contributed by atoms with Crippen molar-refractivity contribution in [3.05, 3.63) is 30.1 Å². The zero-order valence-electron chi connectivity index (χ0n) is 10.5. The fourth-order valence-electron chi connectivity index (χ4n) is 1.28. The molecule has 3 N–H and O–H groups in total. The molecule has 3 nitrogen and oxygen atoms in total. The lowest BCUT2D eigenvalue weighted by molar-refractivity contribution is -0.117. The third-order valence-electron chi connectivity index (χ3n) is 2.63. The highest BCUT2D eigenvalue weighted by atomic mass is 19.1. The number of hydrogen-bond acceptors (Lipinski definition) is 2. The van der Waals surface area contributed by atoms with Crippen molar-refractivity contribution >= 4 is 11.6 Å². The second kappa shape index (κ2) is 5.27. The largest absolute Gasteiger partial charge is 0.327 e. The van der Waals surface area contributed by atoms with Gasteiger partial charge in [0.2, 0.25) is 5.91 Å². The predicted octanol–water partition coefficient (Wildman–Crippen LogP) is 2.53. The van der Waals surface area contributed by atoms with E-state index in [0.717, 1.165) is 0 Å². The number of amides is 1. The van der Waals surface area contributed by atoms with E-state index in [1.807, 2.05) is 20.8 Å². The van der Waals surface area contributed by atoms with Crippen LogP contribution in [0.5, 0.6) is 0 Å². The Hall–Kier alpha value is -1.42. The summed E-state index contributed by atoms with van der Waals surface area (Å²) in [7, 11) is 0. The summed E-state index contributed by atoms with van der Waals surface area (Å²) in [6, 6.07) is 5.58. The van der Waals surface area contributed by atoms with Crippen LogP contribution in [0.25, 0.3) is 0 Å². The van der Waals surface area contributed by atoms with Crippen LogP contribution in [0.2, 0.25) is 0 Å². The smallest absolute Gasteiger partial charge is 0.225 e. The summed E-state index contributed by atoms with van der Waals surface area (Å²) in [4.78, 5) is 11.7. The van der Waals surface area contributed by atoms with E-state index in [-0.39, 0.29) is 29.6 Å². The molecular formula is C13H19FN2O. The molecule has 0 bridgehead atoms. The summed E-state index contributed by atoms with van der Waals surface area (Å²) in [5.41, 5.74) is 6.23. The quantitative estimate of drug-likeness (QED) is 0.850. The highest BCUT2D eigenvalue weighted by Crippen LogP contribution is 2.20. The standard InChI is InChI=1S/C13H19FN2O/c1-13(2,3)11(15)8-12(17)16-10-6-4-5-9(14)7-10/h4-7,11H,8,15H2,1-3H3,(H,16,17). The highest BCUT2D eigenvalue weighted by Gasteiger charge is 2.23. The van der Waals surface area contributed by atoms with Crippen molar-refractivity contribution < 1.29 is 9.18 Å². The van der Waals surface area contributed by atoms with Crippen molar-refractivity contribution in [2.75, 3.05) is 5.32 Å². The van der Waals surface area contributed by atoms with Crippen LogP contribution in [-0.2, 0) is 4.79 Å². The van der Waals surface area contributed by atoms with Gasteiger partial charge >= 0.3 is 0 Å². The third kappa shape index (κ3) is 4.53. The Morgan fingerprint density at radius 3 is 2.65 bits per heavy atom. The van der Waals surface area contributed by atoms with Crippen LogP contribution in [-0.4, -0.2) is 11.9 Å². The Bertz CT molecular complexity index is 399. The molecule has 0 aliphatic carbocycles. The Morgan fingerprint density at radius 2 is 2.12 bits per heavy atom. The molecule has 1 atom stereocenters. The van der Waals surface area contributed by atoms with Gasteiger partial charge in [-0.25, -0.2) is 4.39 Å². The van der Waals surface area contributed by atoms with Gasteiger partial charge in [0.05, 0.1) is 0 Å². The fourth-order valence-corrected chi connectivity index (χ4v) is 1.28. The second-order valence-corrected chi connectivity index (χ2v) is 5.24. The number of rotatable bonds is 3. The topological polar surface area (TPSA) is 55.1 Å². The van der Waals surface area contributed by atoms with E-state index in [2.05, 4.69) is 5.32 Å². The van der Waals surface area contributed by atoms with Crippen LogP contribution in [0.15, 0.2) is 24.3 Å². The number of hydrogen-bond donors (Lipinski definition) is 2. The van der Waals surface area contributed by atoms with Gasteiger partial charge in [0.25, 0.3) is 0 Å². The fraction of sp³-hybridized carbons (Fsp3) is 0.462. The Morgan fingerprint density at radius 1 is 1.47 bits per heavy atom. The Balaban J connectivity index is 2.56. The summed E-state index contributed by atoms with van der Waals surface area (Å²) in [6.07, 6.45) is 0.222. The summed E-state index contributed by atoms with van der Waals surface area (Å²) >= 11 is 0. The van der Waals surface area contributed by atoms with Crippen LogP contribution in [0.3, 0.4) is 0 Å². The number of anilines is 1. The van der Waals surface area contributed by atoms with Crippen LogP contribution in [0, 0.1) is 11.2 Å². The maximum absolute atomic E-state index is 12.9. The molecule has 4 heteroatoms. The van der Waals surface area contributed by atoms with Gasteiger partial charge in [-0.3, -0.25) is 4.79 Å². The molecule has 17 heavy (non-hydrogen) atoms. The van der Waals surface area contributed by atoms with Crippen LogP contribution < -0.4 is 11.1 Å². The lowest BCUT2D eigenvalue weighted by atomic mass is 9.85. The molecular weight excluding hydrogens is 219 g/mol. The van der Waals surface area contributed by atoms with Crippen molar-refractivity contribution in [1.82, 2.24) is 0 Å². The number of carbonyl (C=O) groups is 1. The average molecular weight is 238 g/mol. The van der Waals surface area contributed by atoms with Gasteiger partial charge in [0, 0.05) is 18.2 Å². The molecule has 0 aliphatic rings. The Kier molecular flexibility index (Phi) is 4.23. The van der Waals surface area contributed by atoms with E-state index in [4.69, 9.17) is 5.73 Å². The average Bonchev–Trinajstić information content (AvgIpc) is 2.15. The number of carbonyl (C=O) groups excluding carboxylic acids is 1. The highest BCUT2D eigenvalue weighted by molar-refractivity contribution is 5.91. The van der Waals surface area contributed by atoms with E-state index in [0.29, 0.717) is 5.69 Å². The van der Waals surface area contributed by atoms with E-state index >= 15 is 0 Å². The number of nitrogens with one attached hydrogen (secondary N) is 1. The molecule has 0 saturated heterocycles. The maximum Gasteiger partial charge on any atom is 0.225 e. The van der Waals surface area contributed by atoms with Crippen LogP contribution in [0.4, 0.5) is 10.1 Å². The second-order valence-electron chi connectivity index (χ2n) is 5.24. The number of nitrogens with two attached hydrogens (primary N) is 1. The molecule has 1 aromatic rings. The van der Waals surface area contributed by atoms with Crippen LogP contribution >= 0.6 is 0 Å². The molecule has 0 spiro atoms. The number of halogens is 1. The van der Waals surface area contributed by atoms with Crippen molar-refractivity contribution in [2.24, 2.45) is 11.1 Å². The first-order chi connectivity index (χ1) is 7.79. The Labute approximate surface area is 101 Å². The monoisotopic (exact) mass is 238 g/mol. The summed E-state index contributed by atoms with van der Waals surface area (Å²) in [6.45, 7) is 5.94. The van der Waals surface area contributed by atoms with E-state index < -0.39 is 0 Å². The van der Waals surface area contributed by atoms with Crippen molar-refractivity contribution in [3.8, 4) is 0 Å². The van der Waals surface area contributed by atoms with Gasteiger partial charge in [-0.05, 0) is 23.6 Å². The van der Waals surface area contributed by atoms with Crippen molar-refractivity contribution in [2.45, 2.75) is 33.2 Å². The van der Waals surface area contributed by atoms with Gasteiger partial charge in [0.1, 0.15) is 5.82 Å². The third-order valence-corrected chi connectivity index (χ3v) is 2.63. The first-order valence-electron chi connectivity index (χ1n) is 5.60. The van der Waals surface area contributed by atoms with E-state index in [1.165, 1.54) is 12.1 Å². The minimum absolute atomic E-state index is 0.126. The zero-order chi connectivity index (χ0) is 13.1. The van der Waals surface area contributed by atoms with Crippen LogP contribution in [0.1, 0.15) is 27.2 Å². The molecule has 1 rings (SSSR count). The van der Waals surface area contributed by atoms with Crippen molar-refractivity contribution in [3.63, 3.8) is 0 Å². The zero-order valence-corrected chi connectivity index (χ0v) is 10.5. The summed E-state index contributed by atoms with van der Waals surface area (Å²) < 4.78 is 12.9. The van der Waals surface area contributed by atoms with Gasteiger partial charge in [0.15, 0.2) is 0 Å². The molecule has 94 valence electrons. The molecule has 0 aliphatic heterocycles. The van der Waals surface area contributed by atoms with Gasteiger partial charge in [-0.15, -0.1) is 0 Å². The van der Waals surface area contributed by atoms with E-state index in [9.17, 15) is 9.18 Å². The normalized spacial score (nSPS) is 13.2. The first kappa shape index (κ1) is 13.6. The predicted molar refractivity (Wildman–Crippen MR) is 67.1 cm³/mol. The van der Waals surface area contributed by atoms with Gasteiger partial charge < -0.3 is 11.1 Å². The lowest BCUT2D eigenvalue weighted by Gasteiger charge is -2.26. The minimum atomic E-state index is -0.372. The molecule has 0 aromatic heterocycles. The molecule has 1 aromatic carbocycles. The minimum Gasteiger partial charge on any atom is -0.327 e.